The third-order valence-electron chi connectivity index (χ3n) is 3.71. The topological polar surface area (TPSA) is 82.1 Å². The first kappa shape index (κ1) is 19.9. The number of rotatable bonds is 7. The van der Waals surface area contributed by atoms with Gasteiger partial charge in [-0.25, -0.2) is 4.79 Å². The van der Waals surface area contributed by atoms with E-state index in [0.717, 1.165) is 10.0 Å². The number of para-hydroxylation sites is 1. The summed E-state index contributed by atoms with van der Waals surface area (Å²) in [6, 6.07) is 11.8. The maximum Gasteiger partial charge on any atom is 0.347 e. The Balaban J connectivity index is 1.94. The molecule has 1 atom stereocenters. The third-order valence-corrected chi connectivity index (χ3v) is 4.24. The van der Waals surface area contributed by atoms with E-state index in [1.807, 2.05) is 0 Å². The molecule has 0 aromatic heterocycles. The lowest BCUT2D eigenvalue weighted by Crippen LogP contribution is -2.20. The van der Waals surface area contributed by atoms with Crippen molar-refractivity contribution in [3.8, 4) is 11.5 Å². The molecule has 26 heavy (non-hydrogen) atoms. The summed E-state index contributed by atoms with van der Waals surface area (Å²) in [6.45, 7) is 0. The summed E-state index contributed by atoms with van der Waals surface area (Å²) in [5.74, 6) is -0.643. The van der Waals surface area contributed by atoms with Gasteiger partial charge in [-0.05, 0) is 35.7 Å². The predicted molar refractivity (Wildman–Crippen MR) is 98.1 cm³/mol. The Kier molecular flexibility index (Phi) is 7.17. The van der Waals surface area contributed by atoms with Crippen molar-refractivity contribution in [1.29, 1.82) is 0 Å². The molecule has 1 unspecified atom stereocenters. The van der Waals surface area contributed by atoms with E-state index in [9.17, 15) is 14.7 Å². The number of aryl methyl sites for hydroxylation is 1. The molecule has 0 saturated heterocycles. The van der Waals surface area contributed by atoms with E-state index in [-0.39, 0.29) is 6.42 Å². The van der Waals surface area contributed by atoms with Gasteiger partial charge in [-0.1, -0.05) is 40.2 Å². The molecular weight excluding hydrogens is 404 g/mol. The van der Waals surface area contributed by atoms with Crippen LogP contribution in [-0.2, 0) is 20.7 Å². The van der Waals surface area contributed by atoms with Crippen molar-refractivity contribution >= 4 is 27.9 Å². The van der Waals surface area contributed by atoms with E-state index in [2.05, 4.69) is 15.9 Å². The van der Waals surface area contributed by atoms with Gasteiger partial charge < -0.3 is 19.3 Å². The lowest BCUT2D eigenvalue weighted by Gasteiger charge is -2.13. The highest BCUT2D eigenvalue weighted by molar-refractivity contribution is 9.10. The minimum Gasteiger partial charge on any atom is -0.493 e. The number of hydrogen-bond acceptors (Lipinski definition) is 6. The fourth-order valence-electron chi connectivity index (χ4n) is 2.39. The predicted octanol–water partition coefficient (Wildman–Crippen LogP) is 3.20. The Labute approximate surface area is 159 Å². The van der Waals surface area contributed by atoms with Gasteiger partial charge in [0.25, 0.3) is 0 Å². The second-order valence-corrected chi connectivity index (χ2v) is 6.32. The summed E-state index contributed by atoms with van der Waals surface area (Å²) < 4.78 is 16.1. The fraction of sp³-hybridized carbons (Fsp3) is 0.263. The van der Waals surface area contributed by atoms with Gasteiger partial charge in [-0.3, -0.25) is 4.79 Å². The Morgan fingerprint density at radius 1 is 1.08 bits per heavy atom. The highest BCUT2D eigenvalue weighted by Gasteiger charge is 2.22. The number of esters is 2. The molecule has 1 N–H and O–H groups in total. The molecule has 2 aromatic rings. The van der Waals surface area contributed by atoms with Crippen LogP contribution < -0.4 is 9.47 Å². The molecule has 7 heteroatoms. The molecule has 2 rings (SSSR count). The molecule has 0 aliphatic heterocycles. The van der Waals surface area contributed by atoms with Crippen molar-refractivity contribution in [1.82, 2.24) is 0 Å². The average molecular weight is 423 g/mol. The second kappa shape index (κ2) is 9.35. The first-order valence-corrected chi connectivity index (χ1v) is 8.63. The zero-order valence-corrected chi connectivity index (χ0v) is 16.0. The van der Waals surface area contributed by atoms with Crippen LogP contribution in [0.4, 0.5) is 0 Å². The van der Waals surface area contributed by atoms with Crippen LogP contribution >= 0.6 is 15.9 Å². The smallest absolute Gasteiger partial charge is 0.347 e. The standard InChI is InChI=1S/C19H19BrO6/c1-24-15-5-3-4-13(18(15)25-2)8-11-16(21)26-19(23)17(22)12-6-9-14(20)10-7-12/h3-7,9-10,17,22H,8,11H2,1-2H3. The molecule has 0 amide bonds. The Morgan fingerprint density at radius 3 is 2.38 bits per heavy atom. The van der Waals surface area contributed by atoms with Gasteiger partial charge in [0.15, 0.2) is 17.6 Å². The van der Waals surface area contributed by atoms with E-state index < -0.39 is 18.0 Å². The number of carbonyl (C=O) groups excluding carboxylic acids is 2. The molecule has 6 nitrogen and oxygen atoms in total. The molecule has 0 aliphatic rings. The van der Waals surface area contributed by atoms with Gasteiger partial charge >= 0.3 is 11.9 Å². The Hall–Kier alpha value is -2.38. The van der Waals surface area contributed by atoms with Crippen LogP contribution in [0.5, 0.6) is 11.5 Å². The van der Waals surface area contributed by atoms with E-state index in [1.54, 1.807) is 42.5 Å². The van der Waals surface area contributed by atoms with Gasteiger partial charge in [0.2, 0.25) is 0 Å². The van der Waals surface area contributed by atoms with Crippen LogP contribution in [0, 0.1) is 0 Å². The molecule has 0 radical (unpaired) electrons. The molecular formula is C19H19BrO6. The highest BCUT2D eigenvalue weighted by Crippen LogP contribution is 2.31. The first-order valence-electron chi connectivity index (χ1n) is 7.84. The van der Waals surface area contributed by atoms with Crippen LogP contribution in [-0.4, -0.2) is 31.3 Å². The summed E-state index contributed by atoms with van der Waals surface area (Å²) in [4.78, 5) is 23.9. The van der Waals surface area contributed by atoms with Gasteiger partial charge in [-0.15, -0.1) is 0 Å². The molecule has 0 saturated carbocycles. The largest absolute Gasteiger partial charge is 0.493 e. The molecule has 138 valence electrons. The van der Waals surface area contributed by atoms with E-state index in [1.165, 1.54) is 14.2 Å². The maximum absolute atomic E-state index is 11.9. The van der Waals surface area contributed by atoms with Gasteiger partial charge in [0.1, 0.15) is 0 Å². The molecule has 0 aliphatic carbocycles. The SMILES string of the molecule is COc1cccc(CCC(=O)OC(=O)C(O)c2ccc(Br)cc2)c1OC. The monoisotopic (exact) mass is 422 g/mol. The molecule has 0 heterocycles. The summed E-state index contributed by atoms with van der Waals surface area (Å²) in [7, 11) is 3.04. The highest BCUT2D eigenvalue weighted by atomic mass is 79.9. The number of hydrogen-bond donors (Lipinski definition) is 1. The average Bonchev–Trinajstić information content (AvgIpc) is 2.65. The van der Waals surface area contributed by atoms with Gasteiger partial charge in [0, 0.05) is 4.47 Å². The zero-order valence-electron chi connectivity index (χ0n) is 14.4. The van der Waals surface area contributed by atoms with Crippen molar-refractivity contribution in [2.45, 2.75) is 18.9 Å². The number of ether oxygens (including phenoxy) is 3. The van der Waals surface area contributed by atoms with Crippen LogP contribution in [0.25, 0.3) is 0 Å². The first-order chi connectivity index (χ1) is 12.5. The summed E-state index contributed by atoms with van der Waals surface area (Å²) in [5.41, 5.74) is 1.10. The second-order valence-electron chi connectivity index (χ2n) is 5.40. The van der Waals surface area contributed by atoms with Crippen molar-refractivity contribution in [3.05, 3.63) is 58.1 Å². The van der Waals surface area contributed by atoms with Gasteiger partial charge in [-0.2, -0.15) is 0 Å². The number of carbonyl (C=O) groups is 2. The number of aliphatic hydroxyl groups is 1. The summed E-state index contributed by atoms with van der Waals surface area (Å²) in [6.07, 6.45) is -1.25. The Bertz CT molecular complexity index is 772. The normalized spacial score (nSPS) is 11.5. The van der Waals surface area contributed by atoms with Crippen molar-refractivity contribution in [3.63, 3.8) is 0 Å². The molecule has 2 aromatic carbocycles. The van der Waals surface area contributed by atoms with Crippen molar-refractivity contribution < 1.29 is 28.9 Å². The van der Waals surface area contributed by atoms with Crippen LogP contribution in [0.2, 0.25) is 0 Å². The number of aliphatic hydroxyl groups excluding tert-OH is 1. The lowest BCUT2D eigenvalue weighted by molar-refractivity contribution is -0.166. The van der Waals surface area contributed by atoms with Crippen LogP contribution in [0.15, 0.2) is 46.9 Å². The van der Waals surface area contributed by atoms with Crippen molar-refractivity contribution in [2.75, 3.05) is 14.2 Å². The van der Waals surface area contributed by atoms with Crippen molar-refractivity contribution in [2.24, 2.45) is 0 Å². The minimum atomic E-state index is -1.52. The number of methoxy groups -OCH3 is 2. The number of halogens is 1. The summed E-state index contributed by atoms with van der Waals surface area (Å²) in [5, 5.41) is 9.99. The maximum atomic E-state index is 11.9. The van der Waals surface area contributed by atoms with Crippen LogP contribution in [0.3, 0.4) is 0 Å². The van der Waals surface area contributed by atoms with E-state index >= 15 is 0 Å². The van der Waals surface area contributed by atoms with Gasteiger partial charge in [0.05, 0.1) is 20.6 Å². The van der Waals surface area contributed by atoms with E-state index in [0.29, 0.717) is 23.5 Å². The molecule has 0 bridgehead atoms. The molecule has 0 fully saturated rings. The minimum absolute atomic E-state index is 0.0394. The zero-order chi connectivity index (χ0) is 19.1. The molecule has 0 spiro atoms. The third kappa shape index (κ3) is 5.06. The quantitative estimate of drug-likeness (QED) is 0.544. The summed E-state index contributed by atoms with van der Waals surface area (Å²) >= 11 is 3.27. The number of benzene rings is 2. The Morgan fingerprint density at radius 2 is 1.77 bits per heavy atom. The lowest BCUT2D eigenvalue weighted by atomic mass is 10.1. The van der Waals surface area contributed by atoms with E-state index in [4.69, 9.17) is 14.2 Å². The fourth-order valence-corrected chi connectivity index (χ4v) is 2.65. The van der Waals surface area contributed by atoms with Crippen LogP contribution in [0.1, 0.15) is 23.7 Å².